The highest BCUT2D eigenvalue weighted by atomic mass is 16.6. The second-order valence-electron chi connectivity index (χ2n) is 7.49. The van der Waals surface area contributed by atoms with E-state index in [1.807, 2.05) is 52.8 Å². The molecular formula is C19H28N2O3. The minimum atomic E-state index is -0.479. The molecule has 0 saturated carbocycles. The van der Waals surface area contributed by atoms with Crippen molar-refractivity contribution in [1.29, 1.82) is 0 Å². The Labute approximate surface area is 144 Å². The van der Waals surface area contributed by atoms with Gasteiger partial charge in [-0.3, -0.25) is 9.69 Å². The summed E-state index contributed by atoms with van der Waals surface area (Å²) in [6, 6.07) is 5.91. The fourth-order valence-electron chi connectivity index (χ4n) is 2.83. The summed E-state index contributed by atoms with van der Waals surface area (Å²) in [5.74, 6) is 0.137. The maximum atomic E-state index is 12.5. The second-order valence-corrected chi connectivity index (χ2v) is 7.49. The Morgan fingerprint density at radius 1 is 1.08 bits per heavy atom. The summed E-state index contributed by atoms with van der Waals surface area (Å²) in [7, 11) is 0. The first-order valence-electron chi connectivity index (χ1n) is 8.46. The van der Waals surface area contributed by atoms with Crippen molar-refractivity contribution in [2.45, 2.75) is 40.2 Å². The van der Waals surface area contributed by atoms with E-state index in [0.717, 1.165) is 16.7 Å². The number of Topliss-reactive ketones (excluding diaryl/α,β-unsaturated/α-hetero) is 1. The molecule has 1 saturated heterocycles. The molecule has 1 aromatic rings. The van der Waals surface area contributed by atoms with Crippen LogP contribution in [0.2, 0.25) is 0 Å². The molecule has 132 valence electrons. The lowest BCUT2D eigenvalue weighted by atomic mass is 10.0. The number of benzene rings is 1. The first-order chi connectivity index (χ1) is 11.2. The molecule has 0 aliphatic carbocycles. The molecule has 1 amide bonds. The van der Waals surface area contributed by atoms with Crippen molar-refractivity contribution >= 4 is 11.9 Å². The Kier molecular flexibility index (Phi) is 5.65. The van der Waals surface area contributed by atoms with Crippen LogP contribution in [0.15, 0.2) is 18.2 Å². The number of rotatable bonds is 3. The van der Waals surface area contributed by atoms with Gasteiger partial charge < -0.3 is 9.64 Å². The SMILES string of the molecule is Cc1ccc(C(=O)CN2CCN(C(=O)OC(C)(C)C)CC2)c(C)c1. The van der Waals surface area contributed by atoms with Crippen LogP contribution in [0.25, 0.3) is 0 Å². The second kappa shape index (κ2) is 7.34. The van der Waals surface area contributed by atoms with E-state index in [0.29, 0.717) is 32.7 Å². The lowest BCUT2D eigenvalue weighted by Gasteiger charge is -2.35. The van der Waals surface area contributed by atoms with Crippen LogP contribution in [0.4, 0.5) is 4.79 Å². The fraction of sp³-hybridized carbons (Fsp3) is 0.579. The zero-order valence-corrected chi connectivity index (χ0v) is 15.4. The molecule has 1 aromatic carbocycles. The van der Waals surface area contributed by atoms with Gasteiger partial charge in [0.15, 0.2) is 5.78 Å². The van der Waals surface area contributed by atoms with Crippen molar-refractivity contribution in [3.05, 3.63) is 34.9 Å². The van der Waals surface area contributed by atoms with Crippen LogP contribution in [-0.2, 0) is 4.74 Å². The molecule has 1 aliphatic rings. The van der Waals surface area contributed by atoms with Crippen molar-refractivity contribution in [2.75, 3.05) is 32.7 Å². The van der Waals surface area contributed by atoms with E-state index >= 15 is 0 Å². The summed E-state index contributed by atoms with van der Waals surface area (Å²) >= 11 is 0. The lowest BCUT2D eigenvalue weighted by Crippen LogP contribution is -2.51. The van der Waals surface area contributed by atoms with Crippen molar-refractivity contribution in [3.8, 4) is 0 Å². The summed E-state index contributed by atoms with van der Waals surface area (Å²) in [6.07, 6.45) is -0.275. The van der Waals surface area contributed by atoms with Gasteiger partial charge in [0, 0.05) is 31.7 Å². The predicted octanol–water partition coefficient (Wildman–Crippen LogP) is 3.04. The molecule has 1 heterocycles. The molecule has 5 heteroatoms. The fourth-order valence-corrected chi connectivity index (χ4v) is 2.83. The van der Waals surface area contributed by atoms with Crippen LogP contribution >= 0.6 is 0 Å². The molecule has 0 bridgehead atoms. The molecule has 1 fully saturated rings. The van der Waals surface area contributed by atoms with E-state index in [-0.39, 0.29) is 11.9 Å². The number of hydrogen-bond donors (Lipinski definition) is 0. The van der Waals surface area contributed by atoms with E-state index in [9.17, 15) is 9.59 Å². The normalized spacial score (nSPS) is 16.1. The number of ether oxygens (including phenoxy) is 1. The molecule has 0 aromatic heterocycles. The van der Waals surface area contributed by atoms with Crippen LogP contribution in [0.1, 0.15) is 42.3 Å². The standard InChI is InChI=1S/C19H28N2O3/c1-14-6-7-16(15(2)12-14)17(22)13-20-8-10-21(11-9-20)18(23)24-19(3,4)5/h6-7,12H,8-11,13H2,1-5H3. The first-order valence-corrected chi connectivity index (χ1v) is 8.46. The number of hydrogen-bond acceptors (Lipinski definition) is 4. The van der Waals surface area contributed by atoms with Crippen LogP contribution in [0.3, 0.4) is 0 Å². The molecule has 5 nitrogen and oxygen atoms in total. The summed E-state index contributed by atoms with van der Waals surface area (Å²) in [5.41, 5.74) is 2.49. The number of amides is 1. The smallest absolute Gasteiger partial charge is 0.410 e. The summed E-state index contributed by atoms with van der Waals surface area (Å²) in [4.78, 5) is 28.4. The van der Waals surface area contributed by atoms with Crippen LogP contribution in [0.5, 0.6) is 0 Å². The number of aryl methyl sites for hydroxylation is 2. The van der Waals surface area contributed by atoms with Gasteiger partial charge >= 0.3 is 6.09 Å². The molecule has 0 N–H and O–H groups in total. The molecule has 2 rings (SSSR count). The lowest BCUT2D eigenvalue weighted by molar-refractivity contribution is 0.0149. The number of carbonyl (C=O) groups is 2. The molecule has 1 aliphatic heterocycles. The van der Waals surface area contributed by atoms with Gasteiger partial charge in [-0.05, 0) is 40.2 Å². The zero-order chi connectivity index (χ0) is 17.9. The van der Waals surface area contributed by atoms with Gasteiger partial charge in [-0.2, -0.15) is 0 Å². The average Bonchev–Trinajstić information content (AvgIpc) is 2.45. The third kappa shape index (κ3) is 5.06. The van der Waals surface area contributed by atoms with E-state index in [4.69, 9.17) is 4.74 Å². The van der Waals surface area contributed by atoms with Gasteiger partial charge in [-0.1, -0.05) is 23.8 Å². The van der Waals surface area contributed by atoms with E-state index in [1.54, 1.807) is 4.90 Å². The van der Waals surface area contributed by atoms with E-state index in [1.165, 1.54) is 0 Å². The quantitative estimate of drug-likeness (QED) is 0.798. The highest BCUT2D eigenvalue weighted by Gasteiger charge is 2.26. The number of carbonyl (C=O) groups excluding carboxylic acids is 2. The van der Waals surface area contributed by atoms with Gasteiger partial charge in [0.1, 0.15) is 5.60 Å². The predicted molar refractivity (Wildman–Crippen MR) is 94.5 cm³/mol. The summed E-state index contributed by atoms with van der Waals surface area (Å²) in [6.45, 7) is 12.6. The molecule has 0 unspecified atom stereocenters. The Balaban J connectivity index is 1.86. The van der Waals surface area contributed by atoms with E-state index in [2.05, 4.69) is 4.90 Å². The van der Waals surface area contributed by atoms with Gasteiger partial charge in [0.05, 0.1) is 6.54 Å². The van der Waals surface area contributed by atoms with Crippen LogP contribution in [-0.4, -0.2) is 60.0 Å². The maximum Gasteiger partial charge on any atom is 0.410 e. The Morgan fingerprint density at radius 3 is 2.25 bits per heavy atom. The topological polar surface area (TPSA) is 49.9 Å². The van der Waals surface area contributed by atoms with Gasteiger partial charge in [0.25, 0.3) is 0 Å². The van der Waals surface area contributed by atoms with Crippen molar-refractivity contribution in [1.82, 2.24) is 9.80 Å². The van der Waals surface area contributed by atoms with Crippen molar-refractivity contribution in [3.63, 3.8) is 0 Å². The molecule has 0 atom stereocenters. The zero-order valence-electron chi connectivity index (χ0n) is 15.4. The third-order valence-corrected chi connectivity index (χ3v) is 4.07. The number of ketones is 1. The molecule has 0 spiro atoms. The minimum absolute atomic E-state index is 0.137. The minimum Gasteiger partial charge on any atom is -0.444 e. The molecular weight excluding hydrogens is 304 g/mol. The maximum absolute atomic E-state index is 12.5. The third-order valence-electron chi connectivity index (χ3n) is 4.07. The van der Waals surface area contributed by atoms with Crippen molar-refractivity contribution in [2.24, 2.45) is 0 Å². The first kappa shape index (κ1) is 18.5. The average molecular weight is 332 g/mol. The number of nitrogens with zero attached hydrogens (tertiary/aromatic N) is 2. The van der Waals surface area contributed by atoms with E-state index < -0.39 is 5.60 Å². The monoisotopic (exact) mass is 332 g/mol. The Hall–Kier alpha value is -1.88. The van der Waals surface area contributed by atoms with Crippen LogP contribution in [0, 0.1) is 13.8 Å². The summed E-state index contributed by atoms with van der Waals surface area (Å²) in [5, 5.41) is 0. The van der Waals surface area contributed by atoms with Crippen LogP contribution < -0.4 is 0 Å². The van der Waals surface area contributed by atoms with Crippen molar-refractivity contribution < 1.29 is 14.3 Å². The Bertz CT molecular complexity index is 612. The molecule has 24 heavy (non-hydrogen) atoms. The number of piperazine rings is 1. The van der Waals surface area contributed by atoms with Gasteiger partial charge in [-0.15, -0.1) is 0 Å². The van der Waals surface area contributed by atoms with Gasteiger partial charge in [-0.25, -0.2) is 4.79 Å². The Morgan fingerprint density at radius 2 is 1.71 bits per heavy atom. The highest BCUT2D eigenvalue weighted by Crippen LogP contribution is 2.14. The highest BCUT2D eigenvalue weighted by molar-refractivity contribution is 5.99. The van der Waals surface area contributed by atoms with Gasteiger partial charge in [0.2, 0.25) is 0 Å². The largest absolute Gasteiger partial charge is 0.444 e. The summed E-state index contributed by atoms with van der Waals surface area (Å²) < 4.78 is 5.39. The molecule has 0 radical (unpaired) electrons.